The molecule has 0 unspecified atom stereocenters. The minimum Gasteiger partial charge on any atom is -0.465 e. The second kappa shape index (κ2) is 14.5. The molecule has 0 aliphatic carbocycles. The first kappa shape index (κ1) is 30.8. The van der Waals surface area contributed by atoms with Crippen molar-refractivity contribution in [3.8, 4) is 0 Å². The second-order valence-corrected chi connectivity index (χ2v) is 11.0. The van der Waals surface area contributed by atoms with Crippen LogP contribution in [0.4, 0.5) is 4.79 Å². The Labute approximate surface area is 226 Å². The molecule has 0 spiro atoms. The van der Waals surface area contributed by atoms with Crippen LogP contribution in [0.2, 0.25) is 0 Å². The Hall–Kier alpha value is -3.39. The van der Waals surface area contributed by atoms with Gasteiger partial charge in [-0.15, -0.1) is 0 Å². The van der Waals surface area contributed by atoms with Gasteiger partial charge in [0.25, 0.3) is 0 Å². The smallest absolute Gasteiger partial charge is 0.408 e. The van der Waals surface area contributed by atoms with Crippen molar-refractivity contribution in [3.63, 3.8) is 0 Å². The Morgan fingerprint density at radius 1 is 0.921 bits per heavy atom. The zero-order valence-electron chi connectivity index (χ0n) is 23.2. The van der Waals surface area contributed by atoms with Gasteiger partial charge in [-0.2, -0.15) is 0 Å². The van der Waals surface area contributed by atoms with E-state index in [4.69, 9.17) is 0 Å². The molecule has 0 fully saturated rings. The number of benzene rings is 2. The fourth-order valence-corrected chi connectivity index (χ4v) is 4.52. The van der Waals surface area contributed by atoms with Gasteiger partial charge >= 0.3 is 6.09 Å². The van der Waals surface area contributed by atoms with E-state index < -0.39 is 35.7 Å². The maximum absolute atomic E-state index is 13.5. The normalized spacial score (nSPS) is 13.9. The van der Waals surface area contributed by atoms with Gasteiger partial charge in [0.05, 0.1) is 12.1 Å². The Morgan fingerprint density at radius 3 is 1.97 bits per heavy atom. The molecule has 0 aliphatic heterocycles. The maximum atomic E-state index is 13.5. The van der Waals surface area contributed by atoms with E-state index >= 15 is 0 Å². The highest BCUT2D eigenvalue weighted by molar-refractivity contribution is 5.86. The Kier molecular flexibility index (Phi) is 11.8. The monoisotopic (exact) mass is 525 g/mol. The highest BCUT2D eigenvalue weighted by Gasteiger charge is 2.40. The van der Waals surface area contributed by atoms with Crippen LogP contribution >= 0.6 is 0 Å². The van der Waals surface area contributed by atoms with Crippen molar-refractivity contribution in [1.29, 1.82) is 0 Å². The van der Waals surface area contributed by atoms with E-state index in [0.29, 0.717) is 19.4 Å². The molecule has 0 heterocycles. The van der Waals surface area contributed by atoms with Gasteiger partial charge in [-0.1, -0.05) is 74.5 Å². The summed E-state index contributed by atoms with van der Waals surface area (Å²) in [5.41, 5.74) is 1.24. The Morgan fingerprint density at radius 2 is 1.47 bits per heavy atom. The van der Waals surface area contributed by atoms with Crippen molar-refractivity contribution in [2.24, 2.45) is 5.92 Å². The third-order valence-corrected chi connectivity index (χ3v) is 6.44. The Balaban J connectivity index is 2.09. The molecule has 0 radical (unpaired) electrons. The van der Waals surface area contributed by atoms with Crippen LogP contribution in [-0.2, 0) is 22.4 Å². The van der Waals surface area contributed by atoms with Crippen molar-refractivity contribution in [1.82, 2.24) is 15.5 Å². The van der Waals surface area contributed by atoms with Crippen LogP contribution in [0.3, 0.4) is 0 Å². The first-order valence-corrected chi connectivity index (χ1v) is 13.3. The van der Waals surface area contributed by atoms with E-state index in [1.54, 1.807) is 34.6 Å². The van der Waals surface area contributed by atoms with Crippen molar-refractivity contribution in [3.05, 3.63) is 71.8 Å². The zero-order valence-corrected chi connectivity index (χ0v) is 23.2. The van der Waals surface area contributed by atoms with Gasteiger partial charge < -0.3 is 20.8 Å². The highest BCUT2D eigenvalue weighted by Crippen LogP contribution is 2.23. The molecule has 2 rings (SSSR count). The number of hydrogen-bond acceptors (Lipinski definition) is 4. The topological polar surface area (TPSA) is 119 Å². The quantitative estimate of drug-likeness (QED) is 0.315. The number of carboxylic acid groups (broad SMARTS) is 1. The number of carbonyl (C=O) groups is 3. The van der Waals surface area contributed by atoms with Crippen molar-refractivity contribution < 1.29 is 24.6 Å². The molecule has 2 aromatic rings. The van der Waals surface area contributed by atoms with Gasteiger partial charge in [0.1, 0.15) is 6.04 Å². The molecule has 2 aromatic carbocycles. The molecule has 0 saturated carbocycles. The lowest BCUT2D eigenvalue weighted by molar-refractivity contribution is -0.131. The van der Waals surface area contributed by atoms with Gasteiger partial charge in [0, 0.05) is 18.5 Å². The number of hydrogen-bond donors (Lipinski definition) is 4. The lowest BCUT2D eigenvalue weighted by Gasteiger charge is -2.41. The molecule has 3 amide bonds. The van der Waals surface area contributed by atoms with Crippen LogP contribution in [0.15, 0.2) is 60.7 Å². The van der Waals surface area contributed by atoms with Crippen molar-refractivity contribution >= 4 is 17.9 Å². The number of rotatable bonds is 13. The van der Waals surface area contributed by atoms with E-state index in [-0.39, 0.29) is 24.7 Å². The van der Waals surface area contributed by atoms with E-state index in [1.165, 1.54) is 4.90 Å². The molecule has 8 nitrogen and oxygen atoms in total. The average Bonchev–Trinajstić information content (AvgIpc) is 2.85. The molecule has 4 N–H and O–H groups in total. The highest BCUT2D eigenvalue weighted by atomic mass is 16.4. The van der Waals surface area contributed by atoms with Crippen LogP contribution in [0, 0.1) is 5.92 Å². The van der Waals surface area contributed by atoms with Gasteiger partial charge in [-0.3, -0.25) is 14.5 Å². The number of aliphatic hydroxyl groups excluding tert-OH is 1. The minimum atomic E-state index is -1.18. The lowest BCUT2D eigenvalue weighted by Crippen LogP contribution is -2.61. The van der Waals surface area contributed by atoms with E-state index in [0.717, 1.165) is 11.1 Å². The summed E-state index contributed by atoms with van der Waals surface area (Å²) < 4.78 is 0. The average molecular weight is 526 g/mol. The molecule has 0 aliphatic rings. The summed E-state index contributed by atoms with van der Waals surface area (Å²) in [6.07, 6.45) is -0.862. The molecule has 38 heavy (non-hydrogen) atoms. The fraction of sp³-hybridized carbons (Fsp3) is 0.500. The third kappa shape index (κ3) is 9.82. The summed E-state index contributed by atoms with van der Waals surface area (Å²) >= 11 is 0. The summed E-state index contributed by atoms with van der Waals surface area (Å²) in [5, 5.41) is 26.8. The first-order chi connectivity index (χ1) is 17.9. The number of carbonyl (C=O) groups excluding carboxylic acids is 2. The summed E-state index contributed by atoms with van der Waals surface area (Å²) in [6, 6.07) is 17.7. The van der Waals surface area contributed by atoms with Crippen LogP contribution in [0.25, 0.3) is 0 Å². The summed E-state index contributed by atoms with van der Waals surface area (Å²) in [6.45, 7) is 9.34. The minimum absolute atomic E-state index is 0.105. The van der Waals surface area contributed by atoms with Gasteiger partial charge in [-0.05, 0) is 57.1 Å². The zero-order chi connectivity index (χ0) is 28.3. The van der Waals surface area contributed by atoms with Crippen LogP contribution in [-0.4, -0.2) is 63.3 Å². The van der Waals surface area contributed by atoms with Gasteiger partial charge in [0.2, 0.25) is 11.8 Å². The SMILES string of the molecule is CC(C)[C@@H](C(=O)N[C@@H](Cc1ccccc1)[C@@H](O)CCC(=O)NCCc1ccccc1)N(C(=O)O)C(C)(C)C. The lowest BCUT2D eigenvalue weighted by atomic mass is 9.93. The standard InChI is InChI=1S/C30H43N3O5/c1-21(2)27(33(29(37)38)30(3,4)5)28(36)32-24(20-23-14-10-7-11-15-23)25(34)16-17-26(35)31-19-18-22-12-8-6-9-13-22/h6-15,21,24-25,27,34H,16-20H2,1-5H3,(H,31,35)(H,32,36)(H,37,38)/t24-,25-,27-/m0/s1. The molecule has 0 bridgehead atoms. The number of aliphatic hydroxyl groups is 1. The number of amides is 3. The predicted molar refractivity (Wildman–Crippen MR) is 149 cm³/mol. The van der Waals surface area contributed by atoms with Crippen LogP contribution < -0.4 is 10.6 Å². The molecule has 0 saturated heterocycles. The van der Waals surface area contributed by atoms with Gasteiger partial charge in [-0.25, -0.2) is 4.79 Å². The van der Waals surface area contributed by atoms with Gasteiger partial charge in [0.15, 0.2) is 0 Å². The Bertz CT molecular complexity index is 1020. The molecule has 3 atom stereocenters. The van der Waals surface area contributed by atoms with E-state index in [9.17, 15) is 24.6 Å². The molecule has 208 valence electrons. The second-order valence-electron chi connectivity index (χ2n) is 11.0. The van der Waals surface area contributed by atoms with E-state index in [2.05, 4.69) is 10.6 Å². The summed E-state index contributed by atoms with van der Waals surface area (Å²) in [4.78, 5) is 39.2. The largest absolute Gasteiger partial charge is 0.465 e. The third-order valence-electron chi connectivity index (χ3n) is 6.44. The summed E-state index contributed by atoms with van der Waals surface area (Å²) in [5.74, 6) is -0.936. The molecule has 8 heteroatoms. The maximum Gasteiger partial charge on any atom is 0.408 e. The van der Waals surface area contributed by atoms with Crippen molar-refractivity contribution in [2.45, 2.75) is 84.0 Å². The number of nitrogens with one attached hydrogen (secondary N) is 2. The first-order valence-electron chi connectivity index (χ1n) is 13.3. The van der Waals surface area contributed by atoms with Crippen LogP contribution in [0.5, 0.6) is 0 Å². The van der Waals surface area contributed by atoms with Crippen molar-refractivity contribution in [2.75, 3.05) is 6.54 Å². The summed E-state index contributed by atoms with van der Waals surface area (Å²) in [7, 11) is 0. The predicted octanol–water partition coefficient (Wildman–Crippen LogP) is 4.02. The molecule has 0 aromatic heterocycles. The number of nitrogens with zero attached hydrogens (tertiary/aromatic N) is 1. The fourth-order valence-electron chi connectivity index (χ4n) is 4.52. The molecular weight excluding hydrogens is 482 g/mol. The van der Waals surface area contributed by atoms with Crippen LogP contribution in [0.1, 0.15) is 58.6 Å². The van der Waals surface area contributed by atoms with E-state index in [1.807, 2.05) is 60.7 Å². The molecular formula is C30H43N3O5.